The lowest BCUT2D eigenvalue weighted by molar-refractivity contribution is -0.126. The monoisotopic (exact) mass is 326 g/mol. The summed E-state index contributed by atoms with van der Waals surface area (Å²) in [7, 11) is 0. The molecule has 6 heteroatoms. The second kappa shape index (κ2) is 6.68. The Hall–Kier alpha value is -1.40. The van der Waals surface area contributed by atoms with Crippen LogP contribution in [0.5, 0.6) is 0 Å². The van der Waals surface area contributed by atoms with Gasteiger partial charge in [-0.15, -0.1) is 0 Å². The normalized spacial score (nSPS) is 13.9. The van der Waals surface area contributed by atoms with Crippen LogP contribution in [-0.4, -0.2) is 25.0 Å². The van der Waals surface area contributed by atoms with Gasteiger partial charge in [-0.25, -0.2) is 0 Å². The first-order chi connectivity index (χ1) is 9.15. The van der Waals surface area contributed by atoms with Gasteiger partial charge < -0.3 is 4.74 Å². The standard InChI is InChI=1S/C13H15BrN2O3/c14-11-5-3-10(4-6-11)13(18)16-15-12(17)8-19-7-9-1-2-9/h3-6,9H,1-2,7-8H2,(H,15,17)(H,16,18). The molecule has 19 heavy (non-hydrogen) atoms. The summed E-state index contributed by atoms with van der Waals surface area (Å²) in [5.74, 6) is -0.0979. The van der Waals surface area contributed by atoms with Crippen molar-refractivity contribution in [2.45, 2.75) is 12.8 Å². The summed E-state index contributed by atoms with van der Waals surface area (Å²) in [4.78, 5) is 23.0. The molecule has 1 saturated carbocycles. The van der Waals surface area contributed by atoms with Crippen molar-refractivity contribution < 1.29 is 14.3 Å². The Morgan fingerprint density at radius 2 is 1.89 bits per heavy atom. The van der Waals surface area contributed by atoms with Crippen molar-refractivity contribution in [2.24, 2.45) is 5.92 Å². The Bertz CT molecular complexity index is 457. The predicted molar refractivity (Wildman–Crippen MR) is 73.3 cm³/mol. The summed E-state index contributed by atoms with van der Waals surface area (Å²) in [5, 5.41) is 0. The molecule has 2 amide bonds. The summed E-state index contributed by atoms with van der Waals surface area (Å²) in [6.45, 7) is 0.588. The van der Waals surface area contributed by atoms with Crippen molar-refractivity contribution in [3.8, 4) is 0 Å². The number of hydrogen-bond acceptors (Lipinski definition) is 3. The predicted octanol–water partition coefficient (Wildman–Crippen LogP) is 1.64. The zero-order chi connectivity index (χ0) is 13.7. The lowest BCUT2D eigenvalue weighted by Gasteiger charge is -2.07. The third-order valence-corrected chi connectivity index (χ3v) is 3.23. The van der Waals surface area contributed by atoms with Crippen LogP contribution in [0.2, 0.25) is 0 Å². The van der Waals surface area contributed by atoms with E-state index >= 15 is 0 Å². The minimum Gasteiger partial charge on any atom is -0.371 e. The van der Waals surface area contributed by atoms with E-state index in [2.05, 4.69) is 26.8 Å². The topological polar surface area (TPSA) is 67.4 Å². The maximum Gasteiger partial charge on any atom is 0.269 e. The van der Waals surface area contributed by atoms with Gasteiger partial charge in [-0.3, -0.25) is 20.4 Å². The van der Waals surface area contributed by atoms with Crippen molar-refractivity contribution in [1.82, 2.24) is 10.9 Å². The van der Waals surface area contributed by atoms with Gasteiger partial charge in [0.1, 0.15) is 6.61 Å². The van der Waals surface area contributed by atoms with Crippen LogP contribution in [-0.2, 0) is 9.53 Å². The van der Waals surface area contributed by atoms with Gasteiger partial charge in [-0.05, 0) is 43.0 Å². The minimum atomic E-state index is -0.358. The van der Waals surface area contributed by atoms with Crippen molar-refractivity contribution in [3.05, 3.63) is 34.3 Å². The number of carbonyl (C=O) groups is 2. The minimum absolute atomic E-state index is 0.0306. The van der Waals surface area contributed by atoms with Gasteiger partial charge in [-0.1, -0.05) is 15.9 Å². The second-order valence-corrected chi connectivity index (χ2v) is 5.38. The number of hydrogen-bond donors (Lipinski definition) is 2. The van der Waals surface area contributed by atoms with Gasteiger partial charge in [0.25, 0.3) is 11.8 Å². The highest BCUT2D eigenvalue weighted by molar-refractivity contribution is 9.10. The highest BCUT2D eigenvalue weighted by Gasteiger charge is 2.21. The van der Waals surface area contributed by atoms with Crippen molar-refractivity contribution >= 4 is 27.7 Å². The van der Waals surface area contributed by atoms with Crippen LogP contribution in [0.4, 0.5) is 0 Å². The molecule has 0 heterocycles. The Morgan fingerprint density at radius 1 is 1.21 bits per heavy atom. The molecule has 1 aliphatic carbocycles. The molecule has 0 atom stereocenters. The van der Waals surface area contributed by atoms with Gasteiger partial charge in [0.05, 0.1) is 6.61 Å². The molecule has 102 valence electrons. The van der Waals surface area contributed by atoms with Crippen LogP contribution < -0.4 is 10.9 Å². The van der Waals surface area contributed by atoms with E-state index in [1.165, 1.54) is 12.8 Å². The van der Waals surface area contributed by atoms with E-state index in [-0.39, 0.29) is 18.4 Å². The maximum absolute atomic E-state index is 11.7. The van der Waals surface area contributed by atoms with Gasteiger partial charge in [0.2, 0.25) is 0 Å². The number of amides is 2. The number of nitrogens with one attached hydrogen (secondary N) is 2. The molecule has 2 N–H and O–H groups in total. The quantitative estimate of drug-likeness (QED) is 0.808. The fraction of sp³-hybridized carbons (Fsp3) is 0.385. The van der Waals surface area contributed by atoms with Crippen molar-refractivity contribution in [3.63, 3.8) is 0 Å². The Balaban J connectivity index is 1.67. The number of ether oxygens (including phenoxy) is 1. The number of benzene rings is 1. The number of carbonyl (C=O) groups excluding carboxylic acids is 2. The molecule has 0 saturated heterocycles. The SMILES string of the molecule is O=C(COCC1CC1)NNC(=O)c1ccc(Br)cc1. The van der Waals surface area contributed by atoms with Crippen LogP contribution in [0.1, 0.15) is 23.2 Å². The molecule has 2 rings (SSSR count). The van der Waals surface area contributed by atoms with Crippen LogP contribution >= 0.6 is 15.9 Å². The van der Waals surface area contributed by atoms with E-state index < -0.39 is 0 Å². The van der Waals surface area contributed by atoms with Crippen LogP contribution in [0.15, 0.2) is 28.7 Å². The summed E-state index contributed by atoms with van der Waals surface area (Å²) in [6, 6.07) is 6.84. The molecule has 0 aromatic heterocycles. The molecule has 0 spiro atoms. The van der Waals surface area contributed by atoms with E-state index in [1.807, 2.05) is 0 Å². The van der Waals surface area contributed by atoms with Gasteiger partial charge in [-0.2, -0.15) is 0 Å². The molecule has 5 nitrogen and oxygen atoms in total. The molecular weight excluding hydrogens is 312 g/mol. The number of hydrazine groups is 1. The van der Waals surface area contributed by atoms with Crippen LogP contribution in [0, 0.1) is 5.92 Å². The Labute approximate surface area is 119 Å². The summed E-state index contributed by atoms with van der Waals surface area (Å²) >= 11 is 3.28. The molecule has 1 fully saturated rings. The van der Waals surface area contributed by atoms with Crippen LogP contribution in [0.3, 0.4) is 0 Å². The van der Waals surface area contributed by atoms with Gasteiger partial charge in [0.15, 0.2) is 0 Å². The fourth-order valence-corrected chi connectivity index (χ4v) is 1.70. The summed E-state index contributed by atoms with van der Waals surface area (Å²) in [5.41, 5.74) is 5.13. The molecule has 0 bridgehead atoms. The first-order valence-corrected chi connectivity index (χ1v) is 6.87. The van der Waals surface area contributed by atoms with E-state index in [0.717, 1.165) is 4.47 Å². The highest BCUT2D eigenvalue weighted by Crippen LogP contribution is 2.28. The van der Waals surface area contributed by atoms with Crippen LogP contribution in [0.25, 0.3) is 0 Å². The largest absolute Gasteiger partial charge is 0.371 e. The average molecular weight is 327 g/mol. The van der Waals surface area contributed by atoms with Crippen molar-refractivity contribution in [2.75, 3.05) is 13.2 Å². The zero-order valence-corrected chi connectivity index (χ0v) is 11.9. The molecule has 1 aromatic rings. The van der Waals surface area contributed by atoms with E-state index in [4.69, 9.17) is 4.74 Å². The number of rotatable bonds is 5. The van der Waals surface area contributed by atoms with Gasteiger partial charge in [0, 0.05) is 10.0 Å². The molecule has 1 aliphatic rings. The molecule has 0 aliphatic heterocycles. The molecule has 0 unspecified atom stereocenters. The highest BCUT2D eigenvalue weighted by atomic mass is 79.9. The lowest BCUT2D eigenvalue weighted by Crippen LogP contribution is -2.43. The maximum atomic E-state index is 11.7. The first kappa shape index (κ1) is 14.0. The third-order valence-electron chi connectivity index (χ3n) is 2.71. The van der Waals surface area contributed by atoms with Gasteiger partial charge >= 0.3 is 0 Å². The van der Waals surface area contributed by atoms with E-state index in [0.29, 0.717) is 18.1 Å². The van der Waals surface area contributed by atoms with E-state index in [1.54, 1.807) is 24.3 Å². The first-order valence-electron chi connectivity index (χ1n) is 6.07. The summed E-state index contributed by atoms with van der Waals surface area (Å²) in [6.07, 6.45) is 2.36. The Morgan fingerprint density at radius 3 is 2.53 bits per heavy atom. The molecule has 0 radical (unpaired) electrons. The number of halogens is 1. The Kier molecular flexibility index (Phi) is 4.93. The molecule has 1 aromatic carbocycles. The molecular formula is C13H15BrN2O3. The lowest BCUT2D eigenvalue weighted by atomic mass is 10.2. The summed E-state index contributed by atoms with van der Waals surface area (Å²) < 4.78 is 6.09. The van der Waals surface area contributed by atoms with Crippen molar-refractivity contribution in [1.29, 1.82) is 0 Å². The average Bonchev–Trinajstić information content (AvgIpc) is 3.21. The fourth-order valence-electron chi connectivity index (χ4n) is 1.44. The smallest absolute Gasteiger partial charge is 0.269 e. The van der Waals surface area contributed by atoms with E-state index in [9.17, 15) is 9.59 Å². The second-order valence-electron chi connectivity index (χ2n) is 4.47. The third kappa shape index (κ3) is 5.00. The zero-order valence-electron chi connectivity index (χ0n) is 10.3.